The first kappa shape index (κ1) is 20.4. The van der Waals surface area contributed by atoms with Gasteiger partial charge in [0.1, 0.15) is 0 Å². The maximum absolute atomic E-state index is 12.4. The normalized spacial score (nSPS) is 18.0. The Kier molecular flexibility index (Phi) is 7.42. The predicted octanol–water partition coefficient (Wildman–Crippen LogP) is 2.11. The van der Waals surface area contributed by atoms with Gasteiger partial charge in [-0.2, -0.15) is 11.8 Å². The molecule has 1 aromatic rings. The lowest BCUT2D eigenvalue weighted by Gasteiger charge is -2.28. The molecular weight excluding hydrogens is 384 g/mol. The molecule has 1 saturated heterocycles. The molecule has 0 spiro atoms. The number of hydrogen-bond acceptors (Lipinski definition) is 5. The molecule has 140 valence electrons. The van der Waals surface area contributed by atoms with E-state index in [1.165, 1.54) is 16.4 Å². The predicted molar refractivity (Wildman–Crippen MR) is 103 cm³/mol. The van der Waals surface area contributed by atoms with E-state index in [0.717, 1.165) is 12.2 Å². The van der Waals surface area contributed by atoms with Gasteiger partial charge in [0.05, 0.1) is 34.7 Å². The van der Waals surface area contributed by atoms with Gasteiger partial charge >= 0.3 is 0 Å². The number of sulfonamides is 1. The molecule has 1 aliphatic rings. The Bertz CT molecular complexity index is 712. The third-order valence-electron chi connectivity index (χ3n) is 4.06. The number of hydrogen-bond donors (Lipinski definition) is 2. The molecule has 9 heteroatoms. The number of halogens is 1. The van der Waals surface area contributed by atoms with Crippen LogP contribution in [-0.2, 0) is 10.0 Å². The quantitative estimate of drug-likeness (QED) is 0.724. The van der Waals surface area contributed by atoms with Gasteiger partial charge in [-0.05, 0) is 49.5 Å². The number of aliphatic hydroxyl groups excluding tert-OH is 1. The molecular formula is C16H23ClN2O4S2. The first-order valence-corrected chi connectivity index (χ1v) is 11.5. The summed E-state index contributed by atoms with van der Waals surface area (Å²) in [6, 6.07) is 4.30. The highest BCUT2D eigenvalue weighted by molar-refractivity contribution is 7.98. The number of anilines is 1. The van der Waals surface area contributed by atoms with E-state index < -0.39 is 10.0 Å². The van der Waals surface area contributed by atoms with Crippen LogP contribution in [0.2, 0.25) is 5.02 Å². The van der Waals surface area contributed by atoms with Crippen molar-refractivity contribution in [3.63, 3.8) is 0 Å². The molecule has 1 atom stereocenters. The number of carbonyl (C=O) groups excluding carboxylic acids is 1. The SMILES string of the molecule is CSCC[C@@H](CO)NC(=O)c1ccc(N2CCCCS2(=O)=O)cc1Cl. The molecule has 1 amide bonds. The molecule has 0 unspecified atom stereocenters. The maximum Gasteiger partial charge on any atom is 0.253 e. The van der Waals surface area contributed by atoms with Crippen molar-refractivity contribution in [1.29, 1.82) is 0 Å². The van der Waals surface area contributed by atoms with E-state index >= 15 is 0 Å². The lowest BCUT2D eigenvalue weighted by Crippen LogP contribution is -2.38. The van der Waals surface area contributed by atoms with Crippen molar-refractivity contribution in [2.45, 2.75) is 25.3 Å². The fraction of sp³-hybridized carbons (Fsp3) is 0.562. The van der Waals surface area contributed by atoms with Crippen molar-refractivity contribution in [3.8, 4) is 0 Å². The van der Waals surface area contributed by atoms with E-state index in [0.29, 0.717) is 25.1 Å². The van der Waals surface area contributed by atoms with Gasteiger partial charge in [0.15, 0.2) is 0 Å². The molecule has 25 heavy (non-hydrogen) atoms. The van der Waals surface area contributed by atoms with E-state index in [1.54, 1.807) is 17.8 Å². The summed E-state index contributed by atoms with van der Waals surface area (Å²) in [4.78, 5) is 12.4. The summed E-state index contributed by atoms with van der Waals surface area (Å²) in [7, 11) is -3.32. The monoisotopic (exact) mass is 406 g/mol. The first-order chi connectivity index (χ1) is 11.9. The summed E-state index contributed by atoms with van der Waals surface area (Å²) < 4.78 is 25.7. The number of rotatable bonds is 7. The molecule has 0 bridgehead atoms. The van der Waals surface area contributed by atoms with Crippen LogP contribution in [-0.4, -0.2) is 56.4 Å². The summed E-state index contributed by atoms with van der Waals surface area (Å²) in [5.74, 6) is 0.573. The lowest BCUT2D eigenvalue weighted by molar-refractivity contribution is 0.0915. The summed E-state index contributed by atoms with van der Waals surface area (Å²) in [6.07, 6.45) is 4.07. The molecule has 0 radical (unpaired) electrons. The number of thioether (sulfide) groups is 1. The smallest absolute Gasteiger partial charge is 0.253 e. The van der Waals surface area contributed by atoms with Crippen LogP contribution in [0.3, 0.4) is 0 Å². The van der Waals surface area contributed by atoms with Gasteiger partial charge in [0, 0.05) is 6.54 Å². The van der Waals surface area contributed by atoms with Crippen molar-refractivity contribution in [2.24, 2.45) is 0 Å². The molecule has 6 nitrogen and oxygen atoms in total. The molecule has 1 aromatic carbocycles. The van der Waals surface area contributed by atoms with E-state index in [2.05, 4.69) is 5.32 Å². The minimum Gasteiger partial charge on any atom is -0.394 e. The Morgan fingerprint density at radius 1 is 1.44 bits per heavy atom. The summed E-state index contributed by atoms with van der Waals surface area (Å²) >= 11 is 7.86. The molecule has 2 rings (SSSR count). The van der Waals surface area contributed by atoms with Crippen LogP contribution in [0, 0.1) is 0 Å². The van der Waals surface area contributed by atoms with Crippen molar-refractivity contribution in [3.05, 3.63) is 28.8 Å². The number of aliphatic hydroxyl groups is 1. The van der Waals surface area contributed by atoms with Crippen LogP contribution in [0.1, 0.15) is 29.6 Å². The summed E-state index contributed by atoms with van der Waals surface area (Å²) in [5.41, 5.74) is 0.741. The molecule has 2 N–H and O–H groups in total. The Balaban J connectivity index is 2.14. The standard InChI is InChI=1S/C16H23ClN2O4S2/c1-24-8-6-12(11-20)18-16(21)14-5-4-13(10-15(14)17)19-7-2-3-9-25(19,22)23/h4-5,10,12,20H,2-3,6-9,11H2,1H3,(H,18,21)/t12-/m0/s1. The Morgan fingerprint density at radius 2 is 2.20 bits per heavy atom. The van der Waals surface area contributed by atoms with Gasteiger partial charge in [0.2, 0.25) is 10.0 Å². The summed E-state index contributed by atoms with van der Waals surface area (Å²) in [5, 5.41) is 12.3. The average Bonchev–Trinajstić information content (AvgIpc) is 2.57. The zero-order valence-corrected chi connectivity index (χ0v) is 16.5. The number of carbonyl (C=O) groups is 1. The second kappa shape index (κ2) is 9.12. The van der Waals surface area contributed by atoms with E-state index in [1.807, 2.05) is 6.26 Å². The van der Waals surface area contributed by atoms with Gasteiger partial charge in [0.25, 0.3) is 5.91 Å². The van der Waals surface area contributed by atoms with Gasteiger partial charge in [-0.1, -0.05) is 11.6 Å². The van der Waals surface area contributed by atoms with Crippen molar-refractivity contribution < 1.29 is 18.3 Å². The highest BCUT2D eigenvalue weighted by Gasteiger charge is 2.27. The minimum atomic E-state index is -3.32. The fourth-order valence-electron chi connectivity index (χ4n) is 2.65. The molecule has 1 fully saturated rings. The number of nitrogens with zero attached hydrogens (tertiary/aromatic N) is 1. The van der Waals surface area contributed by atoms with Crippen LogP contribution in [0.4, 0.5) is 5.69 Å². The third kappa shape index (κ3) is 5.26. The van der Waals surface area contributed by atoms with E-state index in [-0.39, 0.29) is 34.9 Å². The first-order valence-electron chi connectivity index (χ1n) is 8.09. The molecule has 1 heterocycles. The third-order valence-corrected chi connectivity index (χ3v) is 6.89. The van der Waals surface area contributed by atoms with Crippen LogP contribution in [0.15, 0.2) is 18.2 Å². The molecule has 0 saturated carbocycles. The second-order valence-electron chi connectivity index (χ2n) is 5.89. The zero-order chi connectivity index (χ0) is 18.4. The highest BCUT2D eigenvalue weighted by Crippen LogP contribution is 2.28. The topological polar surface area (TPSA) is 86.7 Å². The number of benzene rings is 1. The second-order valence-corrected chi connectivity index (χ2v) is 9.30. The van der Waals surface area contributed by atoms with Gasteiger partial charge in [-0.15, -0.1) is 0 Å². The van der Waals surface area contributed by atoms with E-state index in [4.69, 9.17) is 11.6 Å². The van der Waals surface area contributed by atoms with Crippen molar-refractivity contribution >= 4 is 45.0 Å². The van der Waals surface area contributed by atoms with Gasteiger partial charge < -0.3 is 10.4 Å². The highest BCUT2D eigenvalue weighted by atomic mass is 35.5. The zero-order valence-electron chi connectivity index (χ0n) is 14.1. The molecule has 0 aromatic heterocycles. The fourth-order valence-corrected chi connectivity index (χ4v) is 5.07. The van der Waals surface area contributed by atoms with E-state index in [9.17, 15) is 18.3 Å². The molecule has 1 aliphatic heterocycles. The Labute approximate surface area is 158 Å². The minimum absolute atomic E-state index is 0.125. The van der Waals surface area contributed by atoms with Crippen molar-refractivity contribution in [1.82, 2.24) is 5.32 Å². The maximum atomic E-state index is 12.4. The number of nitrogens with one attached hydrogen (secondary N) is 1. The lowest BCUT2D eigenvalue weighted by atomic mass is 10.1. The van der Waals surface area contributed by atoms with Gasteiger partial charge in [-0.3, -0.25) is 9.10 Å². The van der Waals surface area contributed by atoms with Crippen LogP contribution in [0.25, 0.3) is 0 Å². The Hall–Kier alpha value is -0.960. The van der Waals surface area contributed by atoms with Crippen LogP contribution < -0.4 is 9.62 Å². The molecule has 0 aliphatic carbocycles. The van der Waals surface area contributed by atoms with Gasteiger partial charge in [-0.25, -0.2) is 8.42 Å². The van der Waals surface area contributed by atoms with Crippen LogP contribution >= 0.6 is 23.4 Å². The van der Waals surface area contributed by atoms with Crippen molar-refractivity contribution in [2.75, 3.05) is 35.2 Å². The summed E-state index contributed by atoms with van der Waals surface area (Å²) in [6.45, 7) is 0.277. The number of amides is 1. The van der Waals surface area contributed by atoms with Crippen LogP contribution in [0.5, 0.6) is 0 Å². The largest absolute Gasteiger partial charge is 0.394 e. The Morgan fingerprint density at radius 3 is 2.80 bits per heavy atom. The average molecular weight is 407 g/mol.